The summed E-state index contributed by atoms with van der Waals surface area (Å²) in [5.74, 6) is 0.882. The van der Waals surface area contributed by atoms with E-state index in [0.717, 1.165) is 67.8 Å². The minimum Gasteiger partial charge on any atom is -0.356 e. The number of aromatic nitrogens is 1. The summed E-state index contributed by atoms with van der Waals surface area (Å²) in [5, 5.41) is 4.52. The molecule has 0 spiro atoms. The lowest BCUT2D eigenvalue weighted by Crippen LogP contribution is -2.52. The second-order valence-corrected chi connectivity index (χ2v) is 8.37. The lowest BCUT2D eigenvalue weighted by atomic mass is 10.1. The van der Waals surface area contributed by atoms with Gasteiger partial charge in [0.15, 0.2) is 5.96 Å². The highest BCUT2D eigenvalue weighted by Crippen LogP contribution is 2.29. The SMILES string of the molecule is CN=C(NCCc1ncc(C)s1)N1CCN(Cc2ccc(C(F)(F)F)cc2)CC1.I. The van der Waals surface area contributed by atoms with Gasteiger partial charge in [0.1, 0.15) is 0 Å². The van der Waals surface area contributed by atoms with Crippen molar-refractivity contribution < 1.29 is 13.2 Å². The molecule has 0 radical (unpaired) electrons. The molecule has 3 rings (SSSR count). The zero-order valence-electron chi connectivity index (χ0n) is 17.1. The summed E-state index contributed by atoms with van der Waals surface area (Å²) in [6.07, 6.45) is -1.53. The summed E-state index contributed by atoms with van der Waals surface area (Å²) in [7, 11) is 1.78. The van der Waals surface area contributed by atoms with Crippen LogP contribution in [0.3, 0.4) is 0 Å². The molecule has 1 aromatic carbocycles. The standard InChI is InChI=1S/C20H26F3N5S.HI/c1-15-13-26-18(29-15)7-8-25-19(24-2)28-11-9-27(10-12-28)14-16-3-5-17(6-4-16)20(21,22)23;/h3-6,13H,7-12,14H2,1-2H3,(H,24,25);1H. The second-order valence-electron chi connectivity index (χ2n) is 7.05. The first-order valence-electron chi connectivity index (χ1n) is 9.60. The molecular formula is C20H27F3IN5S. The molecule has 0 aliphatic carbocycles. The number of aliphatic imine (C=N–C) groups is 1. The minimum atomic E-state index is -4.29. The number of halogens is 4. The van der Waals surface area contributed by atoms with E-state index < -0.39 is 11.7 Å². The number of hydrogen-bond donors (Lipinski definition) is 1. The average Bonchev–Trinajstić information content (AvgIpc) is 3.11. The van der Waals surface area contributed by atoms with Gasteiger partial charge in [0.05, 0.1) is 10.6 Å². The van der Waals surface area contributed by atoms with Crippen molar-refractivity contribution in [2.24, 2.45) is 4.99 Å². The van der Waals surface area contributed by atoms with E-state index in [1.165, 1.54) is 4.88 Å². The van der Waals surface area contributed by atoms with Crippen molar-refractivity contribution in [1.82, 2.24) is 20.1 Å². The predicted molar refractivity (Wildman–Crippen MR) is 126 cm³/mol. The molecular weight excluding hydrogens is 526 g/mol. The van der Waals surface area contributed by atoms with E-state index in [1.54, 1.807) is 30.5 Å². The van der Waals surface area contributed by atoms with Crippen molar-refractivity contribution >= 4 is 41.3 Å². The van der Waals surface area contributed by atoms with Crippen molar-refractivity contribution in [3.05, 3.63) is 51.5 Å². The summed E-state index contributed by atoms with van der Waals surface area (Å²) in [5.41, 5.74) is 0.293. The molecule has 1 aliphatic rings. The summed E-state index contributed by atoms with van der Waals surface area (Å²) in [4.78, 5) is 14.4. The van der Waals surface area contributed by atoms with Crippen molar-refractivity contribution in [2.45, 2.75) is 26.1 Å². The van der Waals surface area contributed by atoms with Gasteiger partial charge in [-0.15, -0.1) is 35.3 Å². The number of benzene rings is 1. The van der Waals surface area contributed by atoms with Crippen LogP contribution in [0.1, 0.15) is 21.0 Å². The molecule has 0 saturated carbocycles. The minimum absolute atomic E-state index is 0. The van der Waals surface area contributed by atoms with Crippen LogP contribution in [0.4, 0.5) is 13.2 Å². The molecule has 5 nitrogen and oxygen atoms in total. The molecule has 1 aliphatic heterocycles. The van der Waals surface area contributed by atoms with Gasteiger partial charge in [-0.1, -0.05) is 12.1 Å². The summed E-state index contributed by atoms with van der Waals surface area (Å²) < 4.78 is 38.0. The molecule has 166 valence electrons. The van der Waals surface area contributed by atoms with Gasteiger partial charge in [0.2, 0.25) is 0 Å². The number of hydrogen-bond acceptors (Lipinski definition) is 4. The third kappa shape index (κ3) is 7.09. The van der Waals surface area contributed by atoms with Crippen LogP contribution in [0, 0.1) is 6.92 Å². The largest absolute Gasteiger partial charge is 0.416 e. The van der Waals surface area contributed by atoms with Gasteiger partial charge in [-0.25, -0.2) is 4.98 Å². The van der Waals surface area contributed by atoms with E-state index in [-0.39, 0.29) is 24.0 Å². The lowest BCUT2D eigenvalue weighted by molar-refractivity contribution is -0.137. The van der Waals surface area contributed by atoms with E-state index in [1.807, 2.05) is 6.20 Å². The molecule has 0 amide bonds. The Morgan fingerprint density at radius 2 is 1.83 bits per heavy atom. The Labute approximate surface area is 196 Å². The van der Waals surface area contributed by atoms with Gasteiger partial charge in [-0.2, -0.15) is 13.2 Å². The van der Waals surface area contributed by atoms with E-state index in [4.69, 9.17) is 0 Å². The van der Waals surface area contributed by atoms with Gasteiger partial charge in [0.25, 0.3) is 0 Å². The highest BCUT2D eigenvalue weighted by atomic mass is 127. The quantitative estimate of drug-likeness (QED) is 0.345. The van der Waals surface area contributed by atoms with Crippen LogP contribution < -0.4 is 5.32 Å². The average molecular weight is 553 g/mol. The maximum absolute atomic E-state index is 12.7. The predicted octanol–water partition coefficient (Wildman–Crippen LogP) is 4.02. The first-order chi connectivity index (χ1) is 13.8. The fraction of sp³-hybridized carbons (Fsp3) is 0.500. The molecule has 0 bridgehead atoms. The molecule has 2 aromatic rings. The van der Waals surface area contributed by atoms with E-state index in [0.29, 0.717) is 6.54 Å². The van der Waals surface area contributed by atoms with Crippen molar-refractivity contribution in [2.75, 3.05) is 39.8 Å². The molecule has 0 unspecified atom stereocenters. The second kappa shape index (κ2) is 11.3. The van der Waals surface area contributed by atoms with Gasteiger partial charge >= 0.3 is 6.18 Å². The van der Waals surface area contributed by atoms with Gasteiger partial charge in [-0.05, 0) is 24.6 Å². The van der Waals surface area contributed by atoms with Crippen LogP contribution in [0.15, 0.2) is 35.5 Å². The molecule has 1 saturated heterocycles. The van der Waals surface area contributed by atoms with E-state index in [2.05, 4.69) is 32.0 Å². The fourth-order valence-corrected chi connectivity index (χ4v) is 4.09. The number of thiazole rings is 1. The Bertz CT molecular complexity index is 815. The first-order valence-corrected chi connectivity index (χ1v) is 10.4. The van der Waals surface area contributed by atoms with Gasteiger partial charge in [-0.3, -0.25) is 9.89 Å². The molecule has 1 fully saturated rings. The van der Waals surface area contributed by atoms with Crippen molar-refractivity contribution in [3.63, 3.8) is 0 Å². The summed E-state index contributed by atoms with van der Waals surface area (Å²) >= 11 is 1.71. The molecule has 30 heavy (non-hydrogen) atoms. The molecule has 10 heteroatoms. The summed E-state index contributed by atoms with van der Waals surface area (Å²) in [6, 6.07) is 5.44. The smallest absolute Gasteiger partial charge is 0.356 e. The summed E-state index contributed by atoms with van der Waals surface area (Å²) in [6.45, 7) is 6.83. The van der Waals surface area contributed by atoms with Crippen LogP contribution in [0.5, 0.6) is 0 Å². The van der Waals surface area contributed by atoms with Gasteiger partial charge in [0, 0.05) is 63.8 Å². The Hall–Kier alpha value is -1.40. The third-order valence-electron chi connectivity index (χ3n) is 4.86. The zero-order chi connectivity index (χ0) is 20.9. The number of guanidine groups is 1. The fourth-order valence-electron chi connectivity index (χ4n) is 3.31. The Kier molecular flexibility index (Phi) is 9.35. The van der Waals surface area contributed by atoms with Gasteiger partial charge < -0.3 is 10.2 Å². The normalized spacial score (nSPS) is 15.8. The Morgan fingerprint density at radius 3 is 2.37 bits per heavy atom. The topological polar surface area (TPSA) is 43.8 Å². The lowest BCUT2D eigenvalue weighted by Gasteiger charge is -2.36. The Balaban J connectivity index is 0.00000320. The number of piperazine rings is 1. The first kappa shape index (κ1) is 24.9. The monoisotopic (exact) mass is 553 g/mol. The van der Waals surface area contributed by atoms with E-state index in [9.17, 15) is 13.2 Å². The molecule has 1 N–H and O–H groups in total. The van der Waals surface area contributed by atoms with Crippen molar-refractivity contribution in [1.29, 1.82) is 0 Å². The van der Waals surface area contributed by atoms with Crippen LogP contribution in [0.2, 0.25) is 0 Å². The van der Waals surface area contributed by atoms with Crippen LogP contribution in [0.25, 0.3) is 0 Å². The zero-order valence-corrected chi connectivity index (χ0v) is 20.2. The number of aryl methyl sites for hydroxylation is 1. The third-order valence-corrected chi connectivity index (χ3v) is 5.83. The maximum Gasteiger partial charge on any atom is 0.416 e. The number of alkyl halides is 3. The Morgan fingerprint density at radius 1 is 1.17 bits per heavy atom. The van der Waals surface area contributed by atoms with E-state index >= 15 is 0 Å². The van der Waals surface area contributed by atoms with Crippen molar-refractivity contribution in [3.8, 4) is 0 Å². The highest BCUT2D eigenvalue weighted by molar-refractivity contribution is 14.0. The highest BCUT2D eigenvalue weighted by Gasteiger charge is 2.30. The van der Waals surface area contributed by atoms with Crippen LogP contribution in [-0.4, -0.2) is 60.5 Å². The molecule has 1 aromatic heterocycles. The number of rotatable bonds is 5. The molecule has 2 heterocycles. The maximum atomic E-state index is 12.7. The van der Waals surface area contributed by atoms with Crippen LogP contribution >= 0.6 is 35.3 Å². The number of nitrogens with one attached hydrogen (secondary N) is 1. The van der Waals surface area contributed by atoms with Crippen LogP contribution in [-0.2, 0) is 19.1 Å². The molecule has 0 atom stereocenters. The number of nitrogens with zero attached hydrogens (tertiary/aromatic N) is 4.